The number of thiazole rings is 2. The van der Waals surface area contributed by atoms with Crippen LogP contribution in [-0.2, 0) is 13.6 Å². The number of allylic oxidation sites excluding steroid dienone is 1. The molecule has 0 spiro atoms. The number of nitrogens with zero attached hydrogens (tertiary/aromatic N) is 3. The number of aryl methyl sites for hydroxylation is 1. The molecule has 0 aliphatic carbocycles. The fourth-order valence-electron chi connectivity index (χ4n) is 3.76. The zero-order chi connectivity index (χ0) is 23.3. The Kier molecular flexibility index (Phi) is 5.95. The van der Waals surface area contributed by atoms with Crippen molar-refractivity contribution in [2.24, 2.45) is 7.05 Å². The van der Waals surface area contributed by atoms with Gasteiger partial charge in [0.15, 0.2) is 0 Å². The smallest absolute Gasteiger partial charge is 0.269 e. The number of anilines is 1. The molecular weight excluding hydrogens is 497 g/mol. The Hall–Kier alpha value is -2.39. The van der Waals surface area contributed by atoms with Crippen molar-refractivity contribution in [1.82, 2.24) is 4.57 Å². The molecule has 9 heteroatoms. The SMILES string of the molecule is CCn1c(=O)/c(=C/C=C2\Sc3ccc(Cl)cc3N2C)s/c1=C\c1sc2ccc(F)cc2[n+]1C. The number of fused-ring (bicyclic) bond motifs is 2. The highest BCUT2D eigenvalue weighted by atomic mass is 35.5. The average molecular weight is 517 g/mol. The lowest BCUT2D eigenvalue weighted by atomic mass is 10.3. The molecule has 0 radical (unpaired) electrons. The summed E-state index contributed by atoms with van der Waals surface area (Å²) in [5.41, 5.74) is 1.89. The summed E-state index contributed by atoms with van der Waals surface area (Å²) < 4.78 is 20.0. The predicted molar refractivity (Wildman–Crippen MR) is 138 cm³/mol. The molecule has 1 aliphatic rings. The first-order valence-electron chi connectivity index (χ1n) is 10.3. The van der Waals surface area contributed by atoms with E-state index in [1.807, 2.05) is 62.0 Å². The first-order valence-corrected chi connectivity index (χ1v) is 13.1. The molecular formula is C24H20ClFN3OS3+. The normalized spacial score (nSPS) is 15.9. The lowest BCUT2D eigenvalue weighted by Crippen LogP contribution is -2.32. The minimum absolute atomic E-state index is 0.00776. The third-order valence-electron chi connectivity index (χ3n) is 5.53. The zero-order valence-corrected chi connectivity index (χ0v) is 21.3. The van der Waals surface area contributed by atoms with Crippen LogP contribution in [0.5, 0.6) is 0 Å². The van der Waals surface area contributed by atoms with Crippen molar-refractivity contribution in [1.29, 1.82) is 0 Å². The van der Waals surface area contributed by atoms with E-state index in [4.69, 9.17) is 11.6 Å². The number of rotatable bonds is 3. The van der Waals surface area contributed by atoms with Crippen LogP contribution in [0.3, 0.4) is 0 Å². The van der Waals surface area contributed by atoms with Crippen molar-refractivity contribution in [3.05, 3.63) is 82.9 Å². The second-order valence-corrected chi connectivity index (χ2v) is 11.2. The summed E-state index contributed by atoms with van der Waals surface area (Å²) in [5.74, 6) is -0.256. The van der Waals surface area contributed by atoms with Gasteiger partial charge in [-0.3, -0.25) is 9.36 Å². The topological polar surface area (TPSA) is 29.1 Å². The van der Waals surface area contributed by atoms with E-state index >= 15 is 0 Å². The van der Waals surface area contributed by atoms with Crippen LogP contribution in [0.25, 0.3) is 22.4 Å². The standard InChI is InChI=1S/C24H20ClFN3OS3/c1-4-29-23(13-22-28(3)17-12-15(26)6-8-19(17)32-22)33-20(24(29)30)9-10-21-27(2)16-11-14(25)5-7-18(16)31-21/h5-13H,4H2,1-3H3/q+1/b20-9-,21-10-. The maximum absolute atomic E-state index is 13.7. The molecule has 4 nitrogen and oxygen atoms in total. The maximum Gasteiger partial charge on any atom is 0.269 e. The molecule has 0 amide bonds. The average Bonchev–Trinajstić information content (AvgIpc) is 3.38. The Morgan fingerprint density at radius 3 is 2.76 bits per heavy atom. The monoisotopic (exact) mass is 516 g/mol. The van der Waals surface area contributed by atoms with Gasteiger partial charge in [0, 0.05) is 29.6 Å². The second kappa shape index (κ2) is 8.76. The summed E-state index contributed by atoms with van der Waals surface area (Å²) in [7, 11) is 3.91. The fourth-order valence-corrected chi connectivity index (χ4v) is 7.15. The van der Waals surface area contributed by atoms with Crippen molar-refractivity contribution < 1.29 is 8.96 Å². The predicted octanol–water partition coefficient (Wildman–Crippen LogP) is 4.45. The van der Waals surface area contributed by atoms with Gasteiger partial charge < -0.3 is 4.90 Å². The maximum atomic E-state index is 13.7. The van der Waals surface area contributed by atoms with Gasteiger partial charge in [0.05, 0.1) is 21.3 Å². The fraction of sp³-hybridized carbons (Fsp3) is 0.167. The second-order valence-electron chi connectivity index (χ2n) is 7.55. The van der Waals surface area contributed by atoms with E-state index in [-0.39, 0.29) is 11.4 Å². The summed E-state index contributed by atoms with van der Waals surface area (Å²) in [6, 6.07) is 10.7. The third kappa shape index (κ3) is 4.05. The number of halogens is 2. The summed E-state index contributed by atoms with van der Waals surface area (Å²) in [6.45, 7) is 2.54. The first-order chi connectivity index (χ1) is 15.9. The first kappa shape index (κ1) is 22.4. The minimum atomic E-state index is -0.256. The van der Waals surface area contributed by atoms with Gasteiger partial charge in [-0.15, -0.1) is 11.3 Å². The molecule has 2 aromatic heterocycles. The van der Waals surface area contributed by atoms with Crippen molar-refractivity contribution in [2.45, 2.75) is 18.4 Å². The van der Waals surface area contributed by atoms with Crippen LogP contribution in [0.4, 0.5) is 10.1 Å². The molecule has 0 saturated heterocycles. The molecule has 5 rings (SSSR count). The van der Waals surface area contributed by atoms with Gasteiger partial charge in [-0.25, -0.2) is 4.39 Å². The summed E-state index contributed by atoms with van der Waals surface area (Å²) in [6.07, 6.45) is 5.89. The van der Waals surface area contributed by atoms with Gasteiger partial charge in [-0.05, 0) is 49.4 Å². The van der Waals surface area contributed by atoms with Crippen LogP contribution in [0, 0.1) is 5.82 Å². The molecule has 3 heterocycles. The Bertz CT molecular complexity index is 1620. The number of hydrogen-bond donors (Lipinski definition) is 0. The van der Waals surface area contributed by atoms with Crippen molar-refractivity contribution in [3.8, 4) is 0 Å². The van der Waals surface area contributed by atoms with Crippen molar-refractivity contribution in [3.63, 3.8) is 0 Å². The Morgan fingerprint density at radius 2 is 1.97 bits per heavy atom. The van der Waals surface area contributed by atoms with E-state index in [0.717, 1.165) is 35.5 Å². The summed E-state index contributed by atoms with van der Waals surface area (Å²) in [4.78, 5) is 16.3. The molecule has 168 valence electrons. The van der Waals surface area contributed by atoms with Gasteiger partial charge in [0.1, 0.15) is 22.2 Å². The molecule has 0 atom stereocenters. The van der Waals surface area contributed by atoms with Crippen molar-refractivity contribution >= 4 is 74.1 Å². The largest absolute Gasteiger partial charge is 0.338 e. The van der Waals surface area contributed by atoms with Crippen molar-refractivity contribution in [2.75, 3.05) is 11.9 Å². The molecule has 33 heavy (non-hydrogen) atoms. The number of aromatic nitrogens is 2. The number of hydrogen-bond acceptors (Lipinski definition) is 5. The van der Waals surface area contributed by atoms with Gasteiger partial charge >= 0.3 is 0 Å². The molecule has 0 fully saturated rings. The molecule has 0 unspecified atom stereocenters. The van der Waals surface area contributed by atoms with Crippen LogP contribution < -0.4 is 24.2 Å². The van der Waals surface area contributed by atoms with E-state index in [1.54, 1.807) is 33.7 Å². The lowest BCUT2D eigenvalue weighted by molar-refractivity contribution is -0.642. The van der Waals surface area contributed by atoms with Crippen LogP contribution in [0.15, 0.2) is 57.2 Å². The minimum Gasteiger partial charge on any atom is -0.338 e. The van der Waals surface area contributed by atoms with Gasteiger partial charge in [-0.2, -0.15) is 4.57 Å². The van der Waals surface area contributed by atoms with Gasteiger partial charge in [-0.1, -0.05) is 34.7 Å². The summed E-state index contributed by atoms with van der Waals surface area (Å²) in [5, 5.41) is 2.70. The van der Waals surface area contributed by atoms with E-state index < -0.39 is 0 Å². The van der Waals surface area contributed by atoms with E-state index in [0.29, 0.717) is 16.1 Å². The van der Waals surface area contributed by atoms with Crippen LogP contribution >= 0.6 is 46.0 Å². The zero-order valence-electron chi connectivity index (χ0n) is 18.1. The van der Waals surface area contributed by atoms with Crippen LogP contribution in [0.1, 0.15) is 11.9 Å². The molecule has 0 bridgehead atoms. The van der Waals surface area contributed by atoms with E-state index in [2.05, 4.69) is 4.90 Å². The van der Waals surface area contributed by atoms with Gasteiger partial charge in [0.25, 0.3) is 10.6 Å². The molecule has 0 saturated carbocycles. The Morgan fingerprint density at radius 1 is 1.15 bits per heavy atom. The highest BCUT2D eigenvalue weighted by Crippen LogP contribution is 2.45. The lowest BCUT2D eigenvalue weighted by Gasteiger charge is -2.12. The quantitative estimate of drug-likeness (QED) is 0.377. The van der Waals surface area contributed by atoms with E-state index in [1.165, 1.54) is 23.5 Å². The van der Waals surface area contributed by atoms with Gasteiger partial charge in [0.2, 0.25) is 5.52 Å². The van der Waals surface area contributed by atoms with Crippen LogP contribution in [0.2, 0.25) is 5.02 Å². The Balaban J connectivity index is 1.58. The number of thioether (sulfide) groups is 1. The molecule has 2 aromatic carbocycles. The molecule has 0 N–H and O–H groups in total. The van der Waals surface area contributed by atoms with E-state index in [9.17, 15) is 9.18 Å². The molecule has 4 aromatic rings. The third-order valence-corrected chi connectivity index (χ3v) is 9.20. The van der Waals surface area contributed by atoms with Crippen LogP contribution in [-0.4, -0.2) is 11.6 Å². The Labute approximate surface area is 207 Å². The number of benzene rings is 2. The summed E-state index contributed by atoms with van der Waals surface area (Å²) >= 11 is 10.8. The highest BCUT2D eigenvalue weighted by Gasteiger charge is 2.21. The highest BCUT2D eigenvalue weighted by molar-refractivity contribution is 8.03. The molecule has 1 aliphatic heterocycles.